The fourth-order valence-corrected chi connectivity index (χ4v) is 3.73. The molecule has 0 radical (unpaired) electrons. The Kier molecular flexibility index (Phi) is 4.10. The van der Waals surface area contributed by atoms with E-state index in [1.54, 1.807) is 0 Å². The van der Waals surface area contributed by atoms with E-state index in [-0.39, 0.29) is 18.5 Å². The largest absolute Gasteiger partial charge is 0.492 e. The molecule has 2 aromatic heterocycles. The zero-order valence-electron chi connectivity index (χ0n) is 12.5. The summed E-state index contributed by atoms with van der Waals surface area (Å²) in [5.74, 6) is 0.105. The quantitative estimate of drug-likeness (QED) is 0.750. The van der Waals surface area contributed by atoms with Crippen LogP contribution in [0.2, 0.25) is 0 Å². The topological polar surface area (TPSA) is 73.9 Å². The number of aromatic nitrogens is 3. The first-order chi connectivity index (χ1) is 10.6. The smallest absolute Gasteiger partial charge is 0.230 e. The summed E-state index contributed by atoms with van der Waals surface area (Å²) in [4.78, 5) is 7.59. The zero-order chi connectivity index (χ0) is 15.7. The Bertz CT molecular complexity index is 783. The van der Waals surface area contributed by atoms with Gasteiger partial charge in [-0.15, -0.1) is 0 Å². The molecule has 0 aliphatic rings. The first-order valence-corrected chi connectivity index (χ1v) is 7.82. The van der Waals surface area contributed by atoms with Gasteiger partial charge in [0.2, 0.25) is 10.8 Å². The summed E-state index contributed by atoms with van der Waals surface area (Å²) in [6, 6.07) is 8.00. The summed E-state index contributed by atoms with van der Waals surface area (Å²) < 4.78 is 1.44. The van der Waals surface area contributed by atoms with Crippen molar-refractivity contribution in [3.63, 3.8) is 0 Å². The van der Waals surface area contributed by atoms with Crippen LogP contribution in [0, 0.1) is 6.92 Å². The Morgan fingerprint density at radius 2 is 2.23 bits per heavy atom. The Morgan fingerprint density at radius 1 is 1.41 bits per heavy atom. The fourth-order valence-electron chi connectivity index (χ4n) is 2.61. The summed E-state index contributed by atoms with van der Waals surface area (Å²) in [6.45, 7) is 2.60. The highest BCUT2D eigenvalue weighted by atomic mass is 32.1. The summed E-state index contributed by atoms with van der Waals surface area (Å²) in [5.41, 5.74) is 2.22. The van der Waals surface area contributed by atoms with Crippen LogP contribution in [-0.2, 0) is 0 Å². The average Bonchev–Trinajstić information content (AvgIpc) is 3.04. The molecule has 0 amide bonds. The van der Waals surface area contributed by atoms with Crippen LogP contribution < -0.4 is 0 Å². The van der Waals surface area contributed by atoms with E-state index in [1.165, 1.54) is 22.2 Å². The molecule has 1 unspecified atom stereocenters. The first kappa shape index (κ1) is 15.0. The molecule has 1 atom stereocenters. The van der Waals surface area contributed by atoms with E-state index in [0.29, 0.717) is 11.5 Å². The highest BCUT2D eigenvalue weighted by Crippen LogP contribution is 2.39. The lowest BCUT2D eigenvalue weighted by Gasteiger charge is -2.27. The molecule has 3 aromatic rings. The van der Waals surface area contributed by atoms with Gasteiger partial charge >= 0.3 is 0 Å². The summed E-state index contributed by atoms with van der Waals surface area (Å²) in [5, 5.41) is 23.8. The van der Waals surface area contributed by atoms with Crippen LogP contribution in [0.1, 0.15) is 22.0 Å². The van der Waals surface area contributed by atoms with E-state index in [2.05, 4.69) is 16.1 Å². The van der Waals surface area contributed by atoms with Crippen molar-refractivity contribution in [1.82, 2.24) is 19.5 Å². The van der Waals surface area contributed by atoms with Gasteiger partial charge < -0.3 is 10.2 Å². The van der Waals surface area contributed by atoms with Crippen LogP contribution in [0.25, 0.3) is 4.96 Å². The molecule has 2 N–H and O–H groups in total. The second-order valence-corrected chi connectivity index (χ2v) is 6.27. The Morgan fingerprint density at radius 3 is 2.91 bits per heavy atom. The second-order valence-electron chi connectivity index (χ2n) is 5.27. The maximum absolute atomic E-state index is 10.5. The van der Waals surface area contributed by atoms with E-state index in [0.717, 1.165) is 16.0 Å². The third-order valence-corrected chi connectivity index (χ3v) is 4.73. The van der Waals surface area contributed by atoms with Crippen molar-refractivity contribution in [2.75, 3.05) is 20.2 Å². The zero-order valence-corrected chi connectivity index (χ0v) is 13.3. The van der Waals surface area contributed by atoms with Crippen LogP contribution >= 0.6 is 11.3 Å². The predicted octanol–water partition coefficient (Wildman–Crippen LogP) is 1.82. The van der Waals surface area contributed by atoms with Gasteiger partial charge in [0.25, 0.3) is 0 Å². The number of fused-ring (bicyclic) bond motifs is 1. The van der Waals surface area contributed by atoms with Gasteiger partial charge in [0, 0.05) is 6.54 Å². The van der Waals surface area contributed by atoms with Crippen molar-refractivity contribution in [2.45, 2.75) is 13.0 Å². The number of hydrogen-bond donors (Lipinski definition) is 2. The highest BCUT2D eigenvalue weighted by Gasteiger charge is 2.27. The lowest BCUT2D eigenvalue weighted by Crippen LogP contribution is -2.28. The normalized spacial score (nSPS) is 13.1. The van der Waals surface area contributed by atoms with E-state index in [4.69, 9.17) is 0 Å². The molecule has 0 saturated carbocycles. The third-order valence-electron chi connectivity index (χ3n) is 3.64. The minimum absolute atomic E-state index is 0.0559. The van der Waals surface area contributed by atoms with Gasteiger partial charge in [0.1, 0.15) is 6.33 Å². The van der Waals surface area contributed by atoms with Crippen molar-refractivity contribution in [3.05, 3.63) is 46.6 Å². The maximum atomic E-state index is 10.5. The number of likely N-dealkylation sites (N-methyl/N-ethyl adjacent to an activating group) is 1. The first-order valence-electron chi connectivity index (χ1n) is 7.01. The maximum Gasteiger partial charge on any atom is 0.230 e. The number of benzene rings is 1. The molecule has 116 valence electrons. The van der Waals surface area contributed by atoms with E-state index in [9.17, 15) is 10.2 Å². The molecular formula is C15H18N4O2S. The molecule has 0 aliphatic heterocycles. The number of aliphatic hydroxyl groups excluding tert-OH is 1. The highest BCUT2D eigenvalue weighted by molar-refractivity contribution is 7.17. The molecule has 2 heterocycles. The van der Waals surface area contributed by atoms with Crippen molar-refractivity contribution >= 4 is 16.3 Å². The molecular weight excluding hydrogens is 300 g/mol. The Balaban J connectivity index is 2.12. The summed E-state index contributed by atoms with van der Waals surface area (Å²) in [6.07, 6.45) is 1.43. The number of rotatable bonds is 5. The monoisotopic (exact) mass is 318 g/mol. The van der Waals surface area contributed by atoms with Gasteiger partial charge in [-0.3, -0.25) is 4.90 Å². The third kappa shape index (κ3) is 2.58. The minimum Gasteiger partial charge on any atom is -0.492 e. The van der Waals surface area contributed by atoms with Crippen LogP contribution in [0.15, 0.2) is 30.6 Å². The molecule has 22 heavy (non-hydrogen) atoms. The molecule has 0 saturated heterocycles. The average molecular weight is 318 g/mol. The van der Waals surface area contributed by atoms with Gasteiger partial charge in [-0.05, 0) is 19.5 Å². The van der Waals surface area contributed by atoms with Gasteiger partial charge in [0.15, 0.2) is 0 Å². The number of aromatic hydroxyl groups is 1. The van der Waals surface area contributed by atoms with Crippen LogP contribution in [0.5, 0.6) is 5.88 Å². The Labute approximate surface area is 132 Å². The number of nitrogens with zero attached hydrogens (tertiary/aromatic N) is 4. The SMILES string of the molecule is Cc1cccc(C(c2sc3ncnn3c2O)N(C)CCO)c1. The van der Waals surface area contributed by atoms with E-state index in [1.807, 2.05) is 37.1 Å². The minimum atomic E-state index is -0.152. The van der Waals surface area contributed by atoms with Crippen molar-refractivity contribution in [3.8, 4) is 5.88 Å². The summed E-state index contributed by atoms with van der Waals surface area (Å²) >= 11 is 1.41. The van der Waals surface area contributed by atoms with Crippen LogP contribution in [0.3, 0.4) is 0 Å². The van der Waals surface area contributed by atoms with Crippen molar-refractivity contribution in [2.24, 2.45) is 0 Å². The second kappa shape index (κ2) is 6.04. The number of thiazole rings is 1. The van der Waals surface area contributed by atoms with Crippen molar-refractivity contribution in [1.29, 1.82) is 0 Å². The lowest BCUT2D eigenvalue weighted by atomic mass is 10.0. The molecule has 0 spiro atoms. The van der Waals surface area contributed by atoms with Gasteiger partial charge in [-0.2, -0.15) is 9.61 Å². The molecule has 7 heteroatoms. The Hall–Kier alpha value is -1.96. The summed E-state index contributed by atoms with van der Waals surface area (Å²) in [7, 11) is 1.93. The van der Waals surface area contributed by atoms with Crippen molar-refractivity contribution < 1.29 is 10.2 Å². The van der Waals surface area contributed by atoms with Crippen LogP contribution in [0.4, 0.5) is 0 Å². The molecule has 0 fully saturated rings. The molecule has 6 nitrogen and oxygen atoms in total. The van der Waals surface area contributed by atoms with Gasteiger partial charge in [-0.25, -0.2) is 4.98 Å². The molecule has 0 bridgehead atoms. The van der Waals surface area contributed by atoms with E-state index >= 15 is 0 Å². The predicted molar refractivity (Wildman–Crippen MR) is 85.3 cm³/mol. The number of aryl methyl sites for hydroxylation is 1. The van der Waals surface area contributed by atoms with Crippen LogP contribution in [-0.4, -0.2) is 49.9 Å². The van der Waals surface area contributed by atoms with Gasteiger partial charge in [0.05, 0.1) is 17.5 Å². The molecule has 0 aliphatic carbocycles. The number of hydrogen-bond acceptors (Lipinski definition) is 6. The molecule has 1 aromatic carbocycles. The molecule has 3 rings (SSSR count). The number of aliphatic hydroxyl groups is 1. The standard InChI is InChI=1S/C15H18N4O2S/c1-10-4-3-5-11(8-10)12(18(2)6-7-20)13-14(21)19-15(22-13)16-9-17-19/h3-5,8-9,12,20-21H,6-7H2,1-2H3. The fraction of sp³-hybridized carbons (Fsp3) is 0.333. The van der Waals surface area contributed by atoms with E-state index < -0.39 is 0 Å². The van der Waals surface area contributed by atoms with Gasteiger partial charge in [-0.1, -0.05) is 41.2 Å². The lowest BCUT2D eigenvalue weighted by molar-refractivity contribution is 0.196.